The number of hydrogen-bond acceptors (Lipinski definition) is 3. The molecule has 4 nitrogen and oxygen atoms in total. The summed E-state index contributed by atoms with van der Waals surface area (Å²) in [7, 11) is 1.84. The summed E-state index contributed by atoms with van der Waals surface area (Å²) in [5, 5.41) is 3.09. The fraction of sp³-hybridized carbons (Fsp3) is 0.600. The second-order valence-electron chi connectivity index (χ2n) is 6.12. The Bertz CT molecular complexity index is 482. The van der Waals surface area contributed by atoms with E-state index in [0.717, 1.165) is 30.9 Å². The summed E-state index contributed by atoms with van der Waals surface area (Å²) in [6.45, 7) is 8.04. The molecule has 0 aliphatic carbocycles. The van der Waals surface area contributed by atoms with Crippen molar-refractivity contribution < 1.29 is 4.79 Å². The van der Waals surface area contributed by atoms with Gasteiger partial charge in [0.2, 0.25) is 0 Å². The van der Waals surface area contributed by atoms with E-state index in [1.165, 1.54) is 6.42 Å². The molecule has 2 heterocycles. The quantitative estimate of drug-likeness (QED) is 0.890. The van der Waals surface area contributed by atoms with E-state index in [1.54, 1.807) is 6.20 Å². The molecule has 0 atom stereocenters. The van der Waals surface area contributed by atoms with Gasteiger partial charge in [0.05, 0.1) is 11.3 Å². The SMILES string of the molecule is CNc1cc(C)ncc1C(=O)N1CCCC(C)(C)C1. The Hall–Kier alpha value is -1.58. The molecule has 1 N–H and O–H groups in total. The largest absolute Gasteiger partial charge is 0.387 e. The maximum absolute atomic E-state index is 12.6. The molecule has 0 bridgehead atoms. The van der Waals surface area contributed by atoms with Gasteiger partial charge in [0.15, 0.2) is 0 Å². The van der Waals surface area contributed by atoms with Crippen molar-refractivity contribution in [3.8, 4) is 0 Å². The highest BCUT2D eigenvalue weighted by Crippen LogP contribution is 2.30. The van der Waals surface area contributed by atoms with Gasteiger partial charge in [-0.1, -0.05) is 13.8 Å². The highest BCUT2D eigenvalue weighted by Gasteiger charge is 2.30. The van der Waals surface area contributed by atoms with Gasteiger partial charge in [0, 0.05) is 32.0 Å². The zero-order chi connectivity index (χ0) is 14.0. The molecule has 0 aromatic carbocycles. The van der Waals surface area contributed by atoms with Gasteiger partial charge in [-0.15, -0.1) is 0 Å². The maximum atomic E-state index is 12.6. The summed E-state index contributed by atoms with van der Waals surface area (Å²) in [4.78, 5) is 18.8. The summed E-state index contributed by atoms with van der Waals surface area (Å²) in [6.07, 6.45) is 3.94. The van der Waals surface area contributed by atoms with Crippen LogP contribution in [0.1, 0.15) is 42.7 Å². The van der Waals surface area contributed by atoms with E-state index < -0.39 is 0 Å². The number of pyridine rings is 1. The monoisotopic (exact) mass is 261 g/mol. The van der Waals surface area contributed by atoms with Gasteiger partial charge in [-0.25, -0.2) is 0 Å². The Morgan fingerprint density at radius 2 is 2.21 bits per heavy atom. The number of carbonyl (C=O) groups excluding carboxylic acids is 1. The lowest BCUT2D eigenvalue weighted by Crippen LogP contribution is -2.43. The number of carbonyl (C=O) groups is 1. The number of nitrogens with one attached hydrogen (secondary N) is 1. The molecular formula is C15H23N3O. The molecule has 0 unspecified atom stereocenters. The minimum absolute atomic E-state index is 0.0876. The average molecular weight is 261 g/mol. The molecule has 4 heteroatoms. The average Bonchev–Trinajstić information content (AvgIpc) is 2.36. The number of amides is 1. The summed E-state index contributed by atoms with van der Waals surface area (Å²) < 4.78 is 0. The van der Waals surface area contributed by atoms with Crippen molar-refractivity contribution in [2.24, 2.45) is 5.41 Å². The van der Waals surface area contributed by atoms with Crippen molar-refractivity contribution in [2.45, 2.75) is 33.6 Å². The van der Waals surface area contributed by atoms with E-state index in [1.807, 2.05) is 24.9 Å². The summed E-state index contributed by atoms with van der Waals surface area (Å²) in [5.74, 6) is 0.0876. The highest BCUT2D eigenvalue weighted by molar-refractivity contribution is 5.99. The van der Waals surface area contributed by atoms with Crippen LogP contribution in [0, 0.1) is 12.3 Å². The lowest BCUT2D eigenvalue weighted by Gasteiger charge is -2.38. The van der Waals surface area contributed by atoms with Crippen LogP contribution in [0.25, 0.3) is 0 Å². The minimum Gasteiger partial charge on any atom is -0.387 e. The third-order valence-corrected chi connectivity index (χ3v) is 3.73. The van der Waals surface area contributed by atoms with Crippen LogP contribution in [-0.4, -0.2) is 35.9 Å². The van der Waals surface area contributed by atoms with Crippen molar-refractivity contribution in [2.75, 3.05) is 25.5 Å². The second kappa shape index (κ2) is 5.19. The Balaban J connectivity index is 2.24. The number of piperidine rings is 1. The van der Waals surface area contributed by atoms with Crippen LogP contribution in [-0.2, 0) is 0 Å². The molecular weight excluding hydrogens is 238 g/mol. The molecule has 1 aromatic rings. The predicted molar refractivity (Wildman–Crippen MR) is 77.4 cm³/mol. The van der Waals surface area contributed by atoms with E-state index in [-0.39, 0.29) is 11.3 Å². The Kier molecular flexibility index (Phi) is 3.78. The zero-order valence-electron chi connectivity index (χ0n) is 12.3. The standard InChI is InChI=1S/C15H23N3O/c1-11-8-13(16-4)12(9-17-11)14(19)18-7-5-6-15(2,3)10-18/h8-9H,5-7,10H2,1-4H3,(H,16,17). The number of likely N-dealkylation sites (tertiary alicyclic amines) is 1. The first-order chi connectivity index (χ1) is 8.93. The number of aromatic nitrogens is 1. The van der Waals surface area contributed by atoms with Crippen molar-refractivity contribution >= 4 is 11.6 Å². The molecule has 1 amide bonds. The summed E-state index contributed by atoms with van der Waals surface area (Å²) in [6, 6.07) is 1.92. The van der Waals surface area contributed by atoms with Gasteiger partial charge in [-0.3, -0.25) is 9.78 Å². The first-order valence-corrected chi connectivity index (χ1v) is 6.87. The van der Waals surface area contributed by atoms with Crippen LogP contribution in [0.15, 0.2) is 12.3 Å². The third-order valence-electron chi connectivity index (χ3n) is 3.73. The van der Waals surface area contributed by atoms with Gasteiger partial charge in [-0.2, -0.15) is 0 Å². The molecule has 0 saturated carbocycles. The number of hydrogen-bond donors (Lipinski definition) is 1. The second-order valence-corrected chi connectivity index (χ2v) is 6.12. The Morgan fingerprint density at radius 3 is 2.84 bits per heavy atom. The molecule has 19 heavy (non-hydrogen) atoms. The van der Waals surface area contributed by atoms with Crippen molar-refractivity contribution in [3.63, 3.8) is 0 Å². The van der Waals surface area contributed by atoms with Crippen LogP contribution in [0.5, 0.6) is 0 Å². The maximum Gasteiger partial charge on any atom is 0.257 e. The van der Waals surface area contributed by atoms with Crippen molar-refractivity contribution in [1.29, 1.82) is 0 Å². The first-order valence-electron chi connectivity index (χ1n) is 6.87. The fourth-order valence-corrected chi connectivity index (χ4v) is 2.70. The smallest absolute Gasteiger partial charge is 0.257 e. The zero-order valence-corrected chi connectivity index (χ0v) is 12.3. The van der Waals surface area contributed by atoms with E-state index >= 15 is 0 Å². The fourth-order valence-electron chi connectivity index (χ4n) is 2.70. The normalized spacial score (nSPS) is 18.2. The first kappa shape index (κ1) is 13.8. The molecule has 1 aliphatic heterocycles. The van der Waals surface area contributed by atoms with Crippen LogP contribution in [0.2, 0.25) is 0 Å². The van der Waals surface area contributed by atoms with Gasteiger partial charge in [0.1, 0.15) is 0 Å². The molecule has 2 rings (SSSR count). The lowest BCUT2D eigenvalue weighted by molar-refractivity contribution is 0.0584. The van der Waals surface area contributed by atoms with Gasteiger partial charge in [0.25, 0.3) is 5.91 Å². The van der Waals surface area contributed by atoms with Gasteiger partial charge < -0.3 is 10.2 Å². The van der Waals surface area contributed by atoms with E-state index in [2.05, 4.69) is 24.1 Å². The van der Waals surface area contributed by atoms with Crippen LogP contribution in [0.4, 0.5) is 5.69 Å². The predicted octanol–water partition coefficient (Wildman–Crippen LogP) is 2.69. The number of aryl methyl sites for hydroxylation is 1. The van der Waals surface area contributed by atoms with E-state index in [9.17, 15) is 4.79 Å². The molecule has 1 fully saturated rings. The Morgan fingerprint density at radius 1 is 1.47 bits per heavy atom. The molecule has 1 saturated heterocycles. The molecule has 0 spiro atoms. The molecule has 104 valence electrons. The van der Waals surface area contributed by atoms with Crippen LogP contribution < -0.4 is 5.32 Å². The molecule has 0 radical (unpaired) electrons. The highest BCUT2D eigenvalue weighted by atomic mass is 16.2. The van der Waals surface area contributed by atoms with Gasteiger partial charge in [-0.05, 0) is 31.2 Å². The van der Waals surface area contributed by atoms with Crippen LogP contribution >= 0.6 is 0 Å². The van der Waals surface area contributed by atoms with Gasteiger partial charge >= 0.3 is 0 Å². The van der Waals surface area contributed by atoms with E-state index in [4.69, 9.17) is 0 Å². The molecule has 1 aromatic heterocycles. The van der Waals surface area contributed by atoms with Crippen LogP contribution in [0.3, 0.4) is 0 Å². The number of rotatable bonds is 2. The lowest BCUT2D eigenvalue weighted by atomic mass is 9.84. The van der Waals surface area contributed by atoms with Crippen molar-refractivity contribution in [1.82, 2.24) is 9.88 Å². The summed E-state index contributed by atoms with van der Waals surface area (Å²) >= 11 is 0. The number of anilines is 1. The van der Waals surface area contributed by atoms with Crippen molar-refractivity contribution in [3.05, 3.63) is 23.5 Å². The van der Waals surface area contributed by atoms with E-state index in [0.29, 0.717) is 5.56 Å². The summed E-state index contributed by atoms with van der Waals surface area (Å²) in [5.41, 5.74) is 2.66. The number of nitrogens with zero attached hydrogens (tertiary/aromatic N) is 2. The Labute approximate surface area is 115 Å². The third kappa shape index (κ3) is 3.06. The minimum atomic E-state index is 0.0876. The topological polar surface area (TPSA) is 45.2 Å². The molecule has 1 aliphatic rings.